The number of nitrogens with one attached hydrogen (secondary N) is 1. The third kappa shape index (κ3) is 3.82. The summed E-state index contributed by atoms with van der Waals surface area (Å²) in [5, 5.41) is 10.5. The van der Waals surface area contributed by atoms with E-state index in [2.05, 4.69) is 51.2 Å². The molecule has 0 spiro atoms. The number of carbonyl (C=O) groups excluding carboxylic acids is 1. The maximum absolute atomic E-state index is 11.9. The molecular weight excluding hydrogens is 318 g/mol. The summed E-state index contributed by atoms with van der Waals surface area (Å²) in [5.41, 5.74) is 2.78. The Labute approximate surface area is 148 Å². The van der Waals surface area contributed by atoms with Gasteiger partial charge in [0.25, 0.3) is 0 Å². The van der Waals surface area contributed by atoms with Crippen molar-refractivity contribution in [1.82, 2.24) is 20.3 Å². The highest BCUT2D eigenvalue weighted by Crippen LogP contribution is 2.24. The van der Waals surface area contributed by atoms with E-state index in [1.54, 1.807) is 6.92 Å². The van der Waals surface area contributed by atoms with E-state index < -0.39 is 5.97 Å². The first-order chi connectivity index (χ1) is 12.1. The summed E-state index contributed by atoms with van der Waals surface area (Å²) in [7, 11) is 0. The zero-order valence-electron chi connectivity index (χ0n) is 15.0. The van der Waals surface area contributed by atoms with Gasteiger partial charge in [-0.2, -0.15) is 10.3 Å². The van der Waals surface area contributed by atoms with E-state index in [0.717, 1.165) is 31.7 Å². The summed E-state index contributed by atoms with van der Waals surface area (Å²) in [6, 6.07) is 8.70. The molecule has 0 amide bonds. The molecule has 25 heavy (non-hydrogen) atoms. The van der Waals surface area contributed by atoms with Crippen LogP contribution in [0.25, 0.3) is 11.3 Å². The lowest BCUT2D eigenvalue weighted by atomic mass is 10.1. The van der Waals surface area contributed by atoms with Crippen molar-refractivity contribution in [3.63, 3.8) is 0 Å². The highest BCUT2D eigenvalue weighted by atomic mass is 16.5. The van der Waals surface area contributed by atoms with Gasteiger partial charge in [-0.1, -0.05) is 12.1 Å². The van der Waals surface area contributed by atoms with Crippen LogP contribution in [-0.4, -0.2) is 65.1 Å². The van der Waals surface area contributed by atoms with Gasteiger partial charge in [0.15, 0.2) is 5.69 Å². The lowest BCUT2D eigenvalue weighted by Gasteiger charge is -2.38. The predicted molar refractivity (Wildman–Crippen MR) is 96.7 cm³/mol. The molecule has 1 aliphatic heterocycles. The quantitative estimate of drug-likeness (QED) is 0.839. The van der Waals surface area contributed by atoms with Crippen molar-refractivity contribution in [2.24, 2.45) is 0 Å². The van der Waals surface area contributed by atoms with Gasteiger partial charge in [0.2, 0.25) is 0 Å². The van der Waals surface area contributed by atoms with Crippen molar-refractivity contribution >= 4 is 11.7 Å². The van der Waals surface area contributed by atoms with E-state index >= 15 is 0 Å². The summed E-state index contributed by atoms with van der Waals surface area (Å²) in [5.74, 6) is -0.458. The minimum Gasteiger partial charge on any atom is -0.461 e. The molecule has 1 aliphatic rings. The van der Waals surface area contributed by atoms with E-state index in [-0.39, 0.29) is 5.69 Å². The van der Waals surface area contributed by atoms with Crippen molar-refractivity contribution < 1.29 is 9.53 Å². The zero-order chi connectivity index (χ0) is 17.8. The second-order valence-corrected chi connectivity index (χ2v) is 6.40. The lowest BCUT2D eigenvalue weighted by molar-refractivity contribution is 0.0520. The molecule has 134 valence electrons. The number of ether oxygens (including phenoxy) is 1. The molecular formula is C18H25N5O2. The van der Waals surface area contributed by atoms with E-state index in [9.17, 15) is 4.79 Å². The highest BCUT2D eigenvalue weighted by Gasteiger charge is 2.21. The first-order valence-corrected chi connectivity index (χ1v) is 8.77. The first-order valence-electron chi connectivity index (χ1n) is 8.77. The van der Waals surface area contributed by atoms with Gasteiger partial charge in [-0.3, -0.25) is 4.90 Å². The molecule has 0 aliphatic carbocycles. The Morgan fingerprint density at radius 2 is 1.84 bits per heavy atom. The average molecular weight is 343 g/mol. The number of hydrogen-bond donors (Lipinski definition) is 1. The molecule has 1 aromatic heterocycles. The summed E-state index contributed by atoms with van der Waals surface area (Å²) >= 11 is 0. The van der Waals surface area contributed by atoms with Gasteiger partial charge >= 0.3 is 5.97 Å². The molecule has 1 aromatic carbocycles. The number of H-pyrrole nitrogens is 1. The van der Waals surface area contributed by atoms with E-state index in [4.69, 9.17) is 4.74 Å². The van der Waals surface area contributed by atoms with Gasteiger partial charge in [-0.15, -0.1) is 5.10 Å². The summed E-state index contributed by atoms with van der Waals surface area (Å²) in [6.07, 6.45) is 0. The minimum atomic E-state index is -0.458. The van der Waals surface area contributed by atoms with E-state index in [1.165, 1.54) is 5.69 Å². The van der Waals surface area contributed by atoms with Crippen LogP contribution in [0.1, 0.15) is 31.3 Å². The molecule has 1 N–H and O–H groups in total. The number of aromatic amines is 1. The van der Waals surface area contributed by atoms with E-state index in [1.807, 2.05) is 12.1 Å². The Balaban J connectivity index is 1.71. The van der Waals surface area contributed by atoms with Gasteiger partial charge in [0.1, 0.15) is 5.69 Å². The SMILES string of the molecule is CCOC(=O)c1n[nH]nc1-c1ccc(N2CCN(C(C)C)CC2)cc1. The maximum atomic E-state index is 11.9. The van der Waals surface area contributed by atoms with Crippen LogP contribution in [0.5, 0.6) is 0 Å². The van der Waals surface area contributed by atoms with Gasteiger partial charge in [0.05, 0.1) is 6.61 Å². The number of hydrogen-bond acceptors (Lipinski definition) is 6. The molecule has 0 unspecified atom stereocenters. The third-order valence-electron chi connectivity index (χ3n) is 4.57. The number of carbonyl (C=O) groups is 1. The Morgan fingerprint density at radius 1 is 1.16 bits per heavy atom. The van der Waals surface area contributed by atoms with Crippen LogP contribution in [0.15, 0.2) is 24.3 Å². The van der Waals surface area contributed by atoms with Crippen LogP contribution in [0.2, 0.25) is 0 Å². The predicted octanol–water partition coefficient (Wildman–Crippen LogP) is 2.18. The Kier molecular flexibility index (Phi) is 5.33. The number of benzene rings is 1. The molecule has 7 heteroatoms. The van der Waals surface area contributed by atoms with Crippen LogP contribution in [0.3, 0.4) is 0 Å². The van der Waals surface area contributed by atoms with Gasteiger partial charge in [-0.05, 0) is 32.9 Å². The molecule has 0 bridgehead atoms. The topological polar surface area (TPSA) is 74.3 Å². The number of rotatable bonds is 5. The lowest BCUT2D eigenvalue weighted by Crippen LogP contribution is -2.48. The van der Waals surface area contributed by atoms with Crippen LogP contribution < -0.4 is 4.90 Å². The number of nitrogens with zero attached hydrogens (tertiary/aromatic N) is 4. The summed E-state index contributed by atoms with van der Waals surface area (Å²) in [6.45, 7) is 10.8. The second kappa shape index (κ2) is 7.65. The van der Waals surface area contributed by atoms with Crippen molar-refractivity contribution in [3.8, 4) is 11.3 Å². The van der Waals surface area contributed by atoms with Crippen LogP contribution in [0.4, 0.5) is 5.69 Å². The Bertz CT molecular complexity index is 703. The van der Waals surface area contributed by atoms with Gasteiger partial charge < -0.3 is 9.64 Å². The van der Waals surface area contributed by atoms with Crippen molar-refractivity contribution in [2.75, 3.05) is 37.7 Å². The van der Waals surface area contributed by atoms with E-state index in [0.29, 0.717) is 18.3 Å². The fraction of sp³-hybridized carbons (Fsp3) is 0.500. The Hall–Kier alpha value is -2.41. The van der Waals surface area contributed by atoms with Crippen molar-refractivity contribution in [1.29, 1.82) is 0 Å². The average Bonchev–Trinajstić information content (AvgIpc) is 3.12. The number of aromatic nitrogens is 3. The zero-order valence-corrected chi connectivity index (χ0v) is 15.0. The second-order valence-electron chi connectivity index (χ2n) is 6.40. The molecule has 1 saturated heterocycles. The molecule has 3 rings (SSSR count). The molecule has 0 atom stereocenters. The van der Waals surface area contributed by atoms with Crippen molar-refractivity contribution in [2.45, 2.75) is 26.8 Å². The molecule has 7 nitrogen and oxygen atoms in total. The number of piperazine rings is 1. The fourth-order valence-corrected chi connectivity index (χ4v) is 3.10. The first kappa shape index (κ1) is 17.4. The summed E-state index contributed by atoms with van der Waals surface area (Å²) in [4.78, 5) is 16.8. The molecule has 1 fully saturated rings. The minimum absolute atomic E-state index is 0.222. The highest BCUT2D eigenvalue weighted by molar-refractivity contribution is 5.93. The van der Waals surface area contributed by atoms with Gasteiger partial charge in [-0.25, -0.2) is 4.79 Å². The van der Waals surface area contributed by atoms with Crippen molar-refractivity contribution in [3.05, 3.63) is 30.0 Å². The summed E-state index contributed by atoms with van der Waals surface area (Å²) < 4.78 is 5.02. The molecule has 0 saturated carbocycles. The maximum Gasteiger partial charge on any atom is 0.361 e. The molecule has 0 radical (unpaired) electrons. The monoisotopic (exact) mass is 343 g/mol. The fourth-order valence-electron chi connectivity index (χ4n) is 3.10. The molecule has 2 heterocycles. The largest absolute Gasteiger partial charge is 0.461 e. The van der Waals surface area contributed by atoms with Gasteiger partial charge in [0, 0.05) is 43.5 Å². The standard InChI is InChI=1S/C18H25N5O2/c1-4-25-18(24)17-16(19-21-20-17)14-5-7-15(8-6-14)23-11-9-22(10-12-23)13(2)3/h5-8,13H,4,9-12H2,1-3H3,(H,19,20,21). The van der Waals surface area contributed by atoms with Crippen LogP contribution in [-0.2, 0) is 4.74 Å². The third-order valence-corrected chi connectivity index (χ3v) is 4.57. The van der Waals surface area contributed by atoms with Crippen LogP contribution in [0, 0.1) is 0 Å². The Morgan fingerprint density at radius 3 is 2.44 bits per heavy atom. The number of anilines is 1. The van der Waals surface area contributed by atoms with Crippen LogP contribution >= 0.6 is 0 Å². The number of esters is 1. The molecule has 2 aromatic rings. The normalized spacial score (nSPS) is 15.6. The smallest absolute Gasteiger partial charge is 0.361 e.